The first kappa shape index (κ1) is 24.6. The van der Waals surface area contributed by atoms with Gasteiger partial charge in [0.2, 0.25) is 0 Å². The Labute approximate surface area is 238 Å². The molecule has 0 amide bonds. The molecule has 4 nitrogen and oxygen atoms in total. The fraction of sp³-hybridized carbons (Fsp3) is 0.0270. The van der Waals surface area contributed by atoms with Gasteiger partial charge < -0.3 is 21.7 Å². The molecule has 7 rings (SSSR count). The first-order valence-electron chi connectivity index (χ1n) is 13.5. The zero-order valence-electron chi connectivity index (χ0n) is 22.3. The van der Waals surface area contributed by atoms with E-state index in [2.05, 4.69) is 36.4 Å². The Morgan fingerprint density at radius 2 is 0.732 bits per heavy atom. The molecule has 41 heavy (non-hydrogen) atoms. The van der Waals surface area contributed by atoms with Crippen LogP contribution in [0.25, 0.3) is 33.4 Å². The molecule has 0 spiro atoms. The van der Waals surface area contributed by atoms with Crippen LogP contribution < -0.4 is 11.5 Å². The molecular formula is C37H28N2O2. The number of phenols is 2. The van der Waals surface area contributed by atoms with Gasteiger partial charge in [0.15, 0.2) is 0 Å². The maximum Gasteiger partial charge on any atom is 0.115 e. The number of hydrogen-bond donors (Lipinski definition) is 4. The fourth-order valence-electron chi connectivity index (χ4n) is 6.25. The molecule has 0 saturated carbocycles. The van der Waals surface area contributed by atoms with Crippen molar-refractivity contribution in [1.29, 1.82) is 0 Å². The summed E-state index contributed by atoms with van der Waals surface area (Å²) in [6.07, 6.45) is 0. The lowest BCUT2D eigenvalue weighted by Crippen LogP contribution is -2.28. The highest BCUT2D eigenvalue weighted by Crippen LogP contribution is 2.57. The summed E-state index contributed by atoms with van der Waals surface area (Å²) < 4.78 is 0. The molecule has 6 aromatic carbocycles. The average Bonchev–Trinajstić information content (AvgIpc) is 3.28. The minimum atomic E-state index is -0.709. The predicted octanol–water partition coefficient (Wildman–Crippen LogP) is 7.96. The van der Waals surface area contributed by atoms with E-state index in [4.69, 9.17) is 11.5 Å². The van der Waals surface area contributed by atoms with Gasteiger partial charge in [-0.1, -0.05) is 72.8 Å². The molecule has 1 aliphatic carbocycles. The Balaban J connectivity index is 1.57. The van der Waals surface area contributed by atoms with Gasteiger partial charge in [0.1, 0.15) is 11.5 Å². The van der Waals surface area contributed by atoms with Crippen LogP contribution in [0.4, 0.5) is 11.4 Å². The summed E-state index contributed by atoms with van der Waals surface area (Å²) in [5.41, 5.74) is 23.6. The zero-order valence-corrected chi connectivity index (χ0v) is 22.3. The van der Waals surface area contributed by atoms with E-state index in [1.165, 1.54) is 0 Å². The van der Waals surface area contributed by atoms with Crippen molar-refractivity contribution in [2.45, 2.75) is 5.41 Å². The number of nitrogens with two attached hydrogens (primary N) is 2. The minimum Gasteiger partial charge on any atom is -0.508 e. The zero-order chi connectivity index (χ0) is 28.1. The third kappa shape index (κ3) is 3.92. The molecule has 0 aromatic heterocycles. The molecule has 0 radical (unpaired) electrons. The molecular weight excluding hydrogens is 504 g/mol. The maximum absolute atomic E-state index is 10.3. The van der Waals surface area contributed by atoms with Gasteiger partial charge in [0, 0.05) is 11.4 Å². The van der Waals surface area contributed by atoms with E-state index in [-0.39, 0.29) is 11.5 Å². The largest absolute Gasteiger partial charge is 0.508 e. The third-order valence-corrected chi connectivity index (χ3v) is 8.23. The van der Waals surface area contributed by atoms with Crippen molar-refractivity contribution in [3.63, 3.8) is 0 Å². The highest BCUT2D eigenvalue weighted by atomic mass is 16.3. The first-order chi connectivity index (χ1) is 19.9. The van der Waals surface area contributed by atoms with Crippen LogP contribution in [0.2, 0.25) is 0 Å². The molecule has 198 valence electrons. The van der Waals surface area contributed by atoms with E-state index in [0.29, 0.717) is 0 Å². The number of anilines is 2. The number of rotatable bonds is 4. The molecule has 0 unspecified atom stereocenters. The normalized spacial score (nSPS) is 13.0. The van der Waals surface area contributed by atoms with Crippen molar-refractivity contribution in [3.05, 3.63) is 156 Å². The predicted molar refractivity (Wildman–Crippen MR) is 167 cm³/mol. The summed E-state index contributed by atoms with van der Waals surface area (Å²) in [5.74, 6) is 0.415. The summed E-state index contributed by atoms with van der Waals surface area (Å²) in [4.78, 5) is 0. The number of nitrogen functional groups attached to an aromatic ring is 2. The number of phenolic OH excluding ortho intramolecular Hbond substituents is 2. The minimum absolute atomic E-state index is 0.208. The summed E-state index contributed by atoms with van der Waals surface area (Å²) in [5, 5.41) is 20.5. The molecule has 1 aliphatic rings. The van der Waals surface area contributed by atoms with Crippen molar-refractivity contribution in [2.24, 2.45) is 0 Å². The van der Waals surface area contributed by atoms with Crippen LogP contribution in [0, 0.1) is 0 Å². The maximum atomic E-state index is 10.3. The van der Waals surface area contributed by atoms with Gasteiger partial charge >= 0.3 is 0 Å². The topological polar surface area (TPSA) is 92.5 Å². The second kappa shape index (κ2) is 9.32. The standard InChI is InChI=1S/C37H28N2O2/c38-29-11-1-23(2-12-29)25-5-19-33-34-20-6-26(24-3-13-30(39)14-4-24)22-36(34)37(35(33)21-25,27-7-15-31(40)16-8-27)28-9-17-32(41)18-10-28/h1-22,40-41H,38-39H2. The lowest BCUT2D eigenvalue weighted by molar-refractivity contribution is 0.475. The number of aromatic hydroxyl groups is 2. The van der Waals surface area contributed by atoms with Gasteiger partial charge in [-0.3, -0.25) is 0 Å². The van der Waals surface area contributed by atoms with E-state index < -0.39 is 5.41 Å². The van der Waals surface area contributed by atoms with Gasteiger partial charge in [-0.2, -0.15) is 0 Å². The van der Waals surface area contributed by atoms with Crippen LogP contribution in [-0.2, 0) is 5.41 Å². The summed E-state index contributed by atoms with van der Waals surface area (Å²) >= 11 is 0. The number of benzene rings is 6. The van der Waals surface area contributed by atoms with Crippen molar-refractivity contribution in [3.8, 4) is 44.9 Å². The lowest BCUT2D eigenvalue weighted by atomic mass is 9.67. The molecule has 0 atom stereocenters. The second-order valence-electron chi connectivity index (χ2n) is 10.6. The lowest BCUT2D eigenvalue weighted by Gasteiger charge is -2.34. The van der Waals surface area contributed by atoms with Crippen LogP contribution in [0.15, 0.2) is 133 Å². The van der Waals surface area contributed by atoms with E-state index >= 15 is 0 Å². The average molecular weight is 533 g/mol. The van der Waals surface area contributed by atoms with E-state index in [1.54, 1.807) is 24.3 Å². The van der Waals surface area contributed by atoms with Crippen molar-refractivity contribution < 1.29 is 10.2 Å². The van der Waals surface area contributed by atoms with Crippen molar-refractivity contribution >= 4 is 11.4 Å². The van der Waals surface area contributed by atoms with Crippen LogP contribution in [-0.4, -0.2) is 10.2 Å². The number of hydrogen-bond acceptors (Lipinski definition) is 4. The Kier molecular flexibility index (Phi) is 5.58. The van der Waals surface area contributed by atoms with E-state index in [0.717, 1.165) is 67.0 Å². The SMILES string of the molecule is Nc1ccc(-c2ccc3c(c2)C(c2ccc(O)cc2)(c2ccc(O)cc2)c2cc(-c4ccc(N)cc4)ccc2-3)cc1. The van der Waals surface area contributed by atoms with E-state index in [1.807, 2.05) is 72.8 Å². The summed E-state index contributed by atoms with van der Waals surface area (Å²) in [6.45, 7) is 0. The highest BCUT2D eigenvalue weighted by molar-refractivity contribution is 5.90. The molecule has 4 heteroatoms. The highest BCUT2D eigenvalue weighted by Gasteiger charge is 2.46. The monoisotopic (exact) mass is 532 g/mol. The Morgan fingerprint density at radius 3 is 1.10 bits per heavy atom. The third-order valence-electron chi connectivity index (χ3n) is 8.23. The van der Waals surface area contributed by atoms with Crippen LogP contribution in [0.5, 0.6) is 11.5 Å². The van der Waals surface area contributed by atoms with Crippen molar-refractivity contribution in [2.75, 3.05) is 11.5 Å². The van der Waals surface area contributed by atoms with Crippen LogP contribution in [0.1, 0.15) is 22.3 Å². The second-order valence-corrected chi connectivity index (χ2v) is 10.6. The summed E-state index contributed by atoms with van der Waals surface area (Å²) in [6, 6.07) is 44.0. The summed E-state index contributed by atoms with van der Waals surface area (Å²) in [7, 11) is 0. The quantitative estimate of drug-likeness (QED) is 0.173. The van der Waals surface area contributed by atoms with Gasteiger partial charge in [0.25, 0.3) is 0 Å². The van der Waals surface area contributed by atoms with Gasteiger partial charge in [0.05, 0.1) is 5.41 Å². The molecule has 0 fully saturated rings. The van der Waals surface area contributed by atoms with Crippen LogP contribution >= 0.6 is 0 Å². The molecule has 0 aliphatic heterocycles. The van der Waals surface area contributed by atoms with E-state index in [9.17, 15) is 10.2 Å². The van der Waals surface area contributed by atoms with Crippen molar-refractivity contribution in [1.82, 2.24) is 0 Å². The Hall–Kier alpha value is -5.48. The number of fused-ring (bicyclic) bond motifs is 3. The van der Waals surface area contributed by atoms with Gasteiger partial charge in [-0.05, 0) is 116 Å². The molecule has 6 N–H and O–H groups in total. The molecule has 0 heterocycles. The van der Waals surface area contributed by atoms with Crippen LogP contribution in [0.3, 0.4) is 0 Å². The molecule has 0 bridgehead atoms. The van der Waals surface area contributed by atoms with Gasteiger partial charge in [-0.15, -0.1) is 0 Å². The molecule has 0 saturated heterocycles. The first-order valence-corrected chi connectivity index (χ1v) is 13.5. The smallest absolute Gasteiger partial charge is 0.115 e. The Bertz CT molecular complexity index is 1750. The molecule has 6 aromatic rings. The Morgan fingerprint density at radius 1 is 0.390 bits per heavy atom. The van der Waals surface area contributed by atoms with Gasteiger partial charge in [-0.25, -0.2) is 0 Å². The fourth-order valence-corrected chi connectivity index (χ4v) is 6.25.